The van der Waals surface area contributed by atoms with Crippen LogP contribution in [-0.2, 0) is 0 Å². The van der Waals surface area contributed by atoms with Crippen molar-refractivity contribution < 1.29 is 9.18 Å². The van der Waals surface area contributed by atoms with Crippen molar-refractivity contribution in [3.8, 4) is 10.4 Å². The number of hydrogen-bond donors (Lipinski definition) is 2. The lowest BCUT2D eigenvalue weighted by molar-refractivity contribution is 0.0949. The number of piperidine rings is 1. The Kier molecular flexibility index (Phi) is 6.78. The van der Waals surface area contributed by atoms with E-state index < -0.39 is 0 Å². The van der Waals surface area contributed by atoms with Gasteiger partial charge in [0.25, 0.3) is 5.91 Å². The molecule has 0 saturated carbocycles. The molecule has 1 atom stereocenters. The van der Waals surface area contributed by atoms with Gasteiger partial charge in [0.05, 0.1) is 4.88 Å². The topological polar surface area (TPSA) is 41.1 Å². The van der Waals surface area contributed by atoms with Crippen LogP contribution in [0.4, 0.5) is 4.39 Å². The highest BCUT2D eigenvalue weighted by Crippen LogP contribution is 2.32. The number of thiophene rings is 1. The first-order chi connectivity index (χ1) is 11.1. The number of nitrogens with one attached hydrogen (secondary N) is 2. The van der Waals surface area contributed by atoms with Gasteiger partial charge in [-0.05, 0) is 68.1 Å². The molecule has 6 heteroatoms. The smallest absolute Gasteiger partial charge is 0.261 e. The van der Waals surface area contributed by atoms with Gasteiger partial charge in [-0.25, -0.2) is 4.39 Å². The van der Waals surface area contributed by atoms with E-state index in [1.54, 1.807) is 12.1 Å². The number of aryl methyl sites for hydroxylation is 1. The Bertz CT molecular complexity index is 681. The van der Waals surface area contributed by atoms with Gasteiger partial charge in [-0.2, -0.15) is 0 Å². The van der Waals surface area contributed by atoms with Gasteiger partial charge in [0.15, 0.2) is 0 Å². The Morgan fingerprint density at radius 3 is 2.79 bits per heavy atom. The summed E-state index contributed by atoms with van der Waals surface area (Å²) in [7, 11) is 0. The molecule has 1 fully saturated rings. The second-order valence-electron chi connectivity index (χ2n) is 6.05. The molecule has 130 valence electrons. The fraction of sp³-hybridized carbons (Fsp3) is 0.389. The summed E-state index contributed by atoms with van der Waals surface area (Å²) in [5.41, 5.74) is 2.00. The summed E-state index contributed by atoms with van der Waals surface area (Å²) in [5.74, 6) is 0.254. The average Bonchev–Trinajstić information content (AvgIpc) is 2.96. The second-order valence-corrected chi connectivity index (χ2v) is 7.10. The molecule has 0 radical (unpaired) electrons. The molecule has 0 bridgehead atoms. The predicted octanol–water partition coefficient (Wildman–Crippen LogP) is 4.01. The molecular weight excluding hydrogens is 347 g/mol. The molecule has 1 aliphatic rings. The summed E-state index contributed by atoms with van der Waals surface area (Å²) in [4.78, 5) is 14.1. The number of carbonyl (C=O) groups is 1. The first-order valence-electron chi connectivity index (χ1n) is 7.99. The maximum Gasteiger partial charge on any atom is 0.261 e. The zero-order chi connectivity index (χ0) is 16.2. The lowest BCUT2D eigenvalue weighted by Crippen LogP contribution is -2.37. The molecule has 2 aromatic rings. The standard InChI is InChI=1S/C18H21FN2OS.ClH/c1-12-9-16(18(22)21-11-13-3-2-8-20-10-13)23-17(12)14-4-6-15(19)7-5-14;/h4-7,9,13,20H,2-3,8,10-11H2,1H3,(H,21,22);1H. The third kappa shape index (κ3) is 4.56. The fourth-order valence-corrected chi connectivity index (χ4v) is 4.00. The maximum absolute atomic E-state index is 13.0. The molecule has 1 aliphatic heterocycles. The Hall–Kier alpha value is -1.43. The Balaban J connectivity index is 0.00000208. The lowest BCUT2D eigenvalue weighted by Gasteiger charge is -2.22. The van der Waals surface area contributed by atoms with E-state index >= 15 is 0 Å². The van der Waals surface area contributed by atoms with Crippen LogP contribution in [0.1, 0.15) is 28.1 Å². The number of halogens is 2. The molecule has 2 heterocycles. The van der Waals surface area contributed by atoms with Crippen molar-refractivity contribution in [2.24, 2.45) is 5.92 Å². The van der Waals surface area contributed by atoms with Gasteiger partial charge in [0.1, 0.15) is 5.82 Å². The molecule has 3 rings (SSSR count). The van der Waals surface area contributed by atoms with E-state index in [0.29, 0.717) is 17.3 Å². The largest absolute Gasteiger partial charge is 0.351 e. The quantitative estimate of drug-likeness (QED) is 0.856. The zero-order valence-electron chi connectivity index (χ0n) is 13.6. The van der Waals surface area contributed by atoms with Crippen LogP contribution in [0.5, 0.6) is 0 Å². The second kappa shape index (κ2) is 8.60. The van der Waals surface area contributed by atoms with Gasteiger partial charge in [-0.15, -0.1) is 23.7 Å². The number of benzene rings is 1. The zero-order valence-corrected chi connectivity index (χ0v) is 15.2. The number of hydrogen-bond acceptors (Lipinski definition) is 3. The van der Waals surface area contributed by atoms with Crippen molar-refractivity contribution in [3.63, 3.8) is 0 Å². The van der Waals surface area contributed by atoms with Crippen molar-refractivity contribution in [1.82, 2.24) is 10.6 Å². The summed E-state index contributed by atoms with van der Waals surface area (Å²) in [6.45, 7) is 4.76. The van der Waals surface area contributed by atoms with Crippen LogP contribution < -0.4 is 10.6 Å². The average molecular weight is 369 g/mol. The highest BCUT2D eigenvalue weighted by molar-refractivity contribution is 7.17. The van der Waals surface area contributed by atoms with Crippen LogP contribution in [0, 0.1) is 18.7 Å². The van der Waals surface area contributed by atoms with E-state index in [1.807, 2.05) is 13.0 Å². The molecule has 3 nitrogen and oxygen atoms in total. The van der Waals surface area contributed by atoms with Crippen LogP contribution in [-0.4, -0.2) is 25.5 Å². The van der Waals surface area contributed by atoms with Crippen molar-refractivity contribution >= 4 is 29.7 Å². The number of amides is 1. The van der Waals surface area contributed by atoms with E-state index in [-0.39, 0.29) is 24.1 Å². The molecular formula is C18H22ClFN2OS. The third-order valence-electron chi connectivity index (χ3n) is 4.20. The molecule has 24 heavy (non-hydrogen) atoms. The van der Waals surface area contributed by atoms with Gasteiger partial charge < -0.3 is 10.6 Å². The Morgan fingerprint density at radius 1 is 1.38 bits per heavy atom. The Morgan fingerprint density at radius 2 is 2.12 bits per heavy atom. The SMILES string of the molecule is Cc1cc(C(=O)NCC2CCCNC2)sc1-c1ccc(F)cc1.Cl. The van der Waals surface area contributed by atoms with Gasteiger partial charge in [0.2, 0.25) is 0 Å². The van der Waals surface area contributed by atoms with E-state index in [0.717, 1.165) is 35.5 Å². The van der Waals surface area contributed by atoms with Crippen molar-refractivity contribution in [3.05, 3.63) is 46.6 Å². The predicted molar refractivity (Wildman–Crippen MR) is 99.6 cm³/mol. The summed E-state index contributed by atoms with van der Waals surface area (Å²) in [5, 5.41) is 6.40. The number of rotatable bonds is 4. The fourth-order valence-electron chi connectivity index (χ4n) is 2.90. The maximum atomic E-state index is 13.0. The molecule has 1 aromatic heterocycles. The van der Waals surface area contributed by atoms with Gasteiger partial charge in [-0.3, -0.25) is 4.79 Å². The van der Waals surface area contributed by atoms with Crippen LogP contribution in [0.3, 0.4) is 0 Å². The van der Waals surface area contributed by atoms with E-state index in [1.165, 1.54) is 29.9 Å². The van der Waals surface area contributed by atoms with Crippen LogP contribution >= 0.6 is 23.7 Å². The monoisotopic (exact) mass is 368 g/mol. The minimum absolute atomic E-state index is 0. The van der Waals surface area contributed by atoms with Crippen LogP contribution in [0.15, 0.2) is 30.3 Å². The van der Waals surface area contributed by atoms with E-state index in [2.05, 4.69) is 10.6 Å². The van der Waals surface area contributed by atoms with Crippen molar-refractivity contribution in [2.75, 3.05) is 19.6 Å². The molecule has 1 amide bonds. The van der Waals surface area contributed by atoms with Crippen molar-refractivity contribution in [1.29, 1.82) is 0 Å². The van der Waals surface area contributed by atoms with E-state index in [9.17, 15) is 9.18 Å². The molecule has 1 aromatic carbocycles. The lowest BCUT2D eigenvalue weighted by atomic mass is 10.00. The van der Waals surface area contributed by atoms with Gasteiger partial charge in [-0.1, -0.05) is 12.1 Å². The van der Waals surface area contributed by atoms with Crippen molar-refractivity contribution in [2.45, 2.75) is 19.8 Å². The van der Waals surface area contributed by atoms with E-state index in [4.69, 9.17) is 0 Å². The molecule has 1 unspecified atom stereocenters. The molecule has 0 spiro atoms. The molecule has 0 aliphatic carbocycles. The van der Waals surface area contributed by atoms with Crippen LogP contribution in [0.25, 0.3) is 10.4 Å². The highest BCUT2D eigenvalue weighted by atomic mass is 35.5. The first kappa shape index (κ1) is 18.9. The normalized spacial score (nSPS) is 17.2. The first-order valence-corrected chi connectivity index (χ1v) is 8.80. The van der Waals surface area contributed by atoms with Gasteiger partial charge >= 0.3 is 0 Å². The summed E-state index contributed by atoms with van der Waals surface area (Å²) >= 11 is 1.46. The summed E-state index contributed by atoms with van der Waals surface area (Å²) < 4.78 is 13.0. The highest BCUT2D eigenvalue weighted by Gasteiger charge is 2.17. The van der Waals surface area contributed by atoms with Crippen LogP contribution in [0.2, 0.25) is 0 Å². The number of carbonyl (C=O) groups excluding carboxylic acids is 1. The molecule has 1 saturated heterocycles. The summed E-state index contributed by atoms with van der Waals surface area (Å²) in [6.07, 6.45) is 2.34. The van der Waals surface area contributed by atoms with Gasteiger partial charge in [0, 0.05) is 11.4 Å². The minimum atomic E-state index is -0.248. The third-order valence-corrected chi connectivity index (χ3v) is 5.48. The summed E-state index contributed by atoms with van der Waals surface area (Å²) in [6, 6.07) is 8.32. The minimum Gasteiger partial charge on any atom is -0.351 e. The Labute approximate surface area is 152 Å². The molecule has 2 N–H and O–H groups in total.